The fraction of sp³-hybridized carbons (Fsp3) is 0.333. The number of hydrogen-bond acceptors (Lipinski definition) is 4. The topological polar surface area (TPSA) is 82.2 Å². The molecule has 112 valence electrons. The molecule has 0 bridgehead atoms. The lowest BCUT2D eigenvalue weighted by molar-refractivity contribution is -0.119. The average Bonchev–Trinajstić information content (AvgIpc) is 2.97. The first-order chi connectivity index (χ1) is 10.1. The minimum atomic E-state index is -0.479. The molecule has 1 aromatic carbocycles. The van der Waals surface area contributed by atoms with Gasteiger partial charge in [0.25, 0.3) is 5.91 Å². The fourth-order valence-corrected chi connectivity index (χ4v) is 1.90. The van der Waals surface area contributed by atoms with Gasteiger partial charge in [0, 0.05) is 25.0 Å². The zero-order valence-electron chi connectivity index (χ0n) is 12.0. The van der Waals surface area contributed by atoms with Gasteiger partial charge in [-0.2, -0.15) is 5.10 Å². The van der Waals surface area contributed by atoms with Crippen molar-refractivity contribution in [3.63, 3.8) is 0 Å². The molecule has 0 radical (unpaired) electrons. The van der Waals surface area contributed by atoms with Gasteiger partial charge in [-0.3, -0.25) is 9.48 Å². The largest absolute Gasteiger partial charge is 0.484 e. The summed E-state index contributed by atoms with van der Waals surface area (Å²) in [5.41, 5.74) is 6.17. The van der Waals surface area contributed by atoms with Crippen molar-refractivity contribution in [2.75, 3.05) is 6.61 Å². The second kappa shape index (κ2) is 7.44. The molecular formula is C15H20N4O2. The monoisotopic (exact) mass is 288 g/mol. The highest BCUT2D eigenvalue weighted by atomic mass is 16.5. The Bertz CT molecular complexity index is 552. The summed E-state index contributed by atoms with van der Waals surface area (Å²) < 4.78 is 7.11. The zero-order valence-corrected chi connectivity index (χ0v) is 12.0. The fourth-order valence-electron chi connectivity index (χ4n) is 1.90. The number of benzene rings is 1. The van der Waals surface area contributed by atoms with Crippen LogP contribution in [-0.4, -0.2) is 28.3 Å². The number of nitrogens with one attached hydrogen (secondary N) is 1. The molecule has 6 heteroatoms. The van der Waals surface area contributed by atoms with Crippen molar-refractivity contribution >= 4 is 5.91 Å². The van der Waals surface area contributed by atoms with E-state index in [9.17, 15) is 4.79 Å². The Kier molecular flexibility index (Phi) is 5.34. The molecule has 2 rings (SSSR count). The lowest BCUT2D eigenvalue weighted by Crippen LogP contribution is -2.30. The van der Waals surface area contributed by atoms with Gasteiger partial charge in [0.1, 0.15) is 5.75 Å². The van der Waals surface area contributed by atoms with Crippen LogP contribution in [0.2, 0.25) is 0 Å². The molecule has 2 aromatic rings. The van der Waals surface area contributed by atoms with Gasteiger partial charge < -0.3 is 15.8 Å². The number of nitrogens with zero attached hydrogens (tertiary/aromatic N) is 2. The van der Waals surface area contributed by atoms with Crippen molar-refractivity contribution < 1.29 is 9.53 Å². The molecule has 0 spiro atoms. The normalized spacial score (nSPS) is 12.0. The van der Waals surface area contributed by atoms with E-state index in [1.807, 2.05) is 41.2 Å². The molecular weight excluding hydrogens is 268 g/mol. The number of carbonyl (C=O) groups excluding carboxylic acids is 1. The number of hydrogen-bond donors (Lipinski definition) is 2. The average molecular weight is 288 g/mol. The Labute approximate surface area is 123 Å². The molecule has 0 aliphatic carbocycles. The van der Waals surface area contributed by atoms with Crippen LogP contribution in [0.5, 0.6) is 5.75 Å². The zero-order chi connectivity index (χ0) is 15.1. The molecule has 0 saturated carbocycles. The van der Waals surface area contributed by atoms with Gasteiger partial charge in [0.2, 0.25) is 0 Å². The van der Waals surface area contributed by atoms with Crippen LogP contribution in [-0.2, 0) is 17.9 Å². The molecule has 6 nitrogen and oxygen atoms in total. The van der Waals surface area contributed by atoms with Gasteiger partial charge in [-0.25, -0.2) is 0 Å². The molecule has 1 amide bonds. The van der Waals surface area contributed by atoms with Crippen LogP contribution >= 0.6 is 0 Å². The van der Waals surface area contributed by atoms with E-state index in [-0.39, 0.29) is 6.61 Å². The van der Waals surface area contributed by atoms with Crippen molar-refractivity contribution in [3.05, 3.63) is 48.3 Å². The van der Waals surface area contributed by atoms with Gasteiger partial charge >= 0.3 is 0 Å². The third kappa shape index (κ3) is 5.27. The molecule has 0 aliphatic heterocycles. The molecule has 0 aliphatic rings. The second-order valence-corrected chi connectivity index (χ2v) is 4.91. The third-order valence-corrected chi connectivity index (χ3v) is 2.98. The quantitative estimate of drug-likeness (QED) is 0.757. The predicted molar refractivity (Wildman–Crippen MR) is 79.7 cm³/mol. The number of rotatable bonds is 8. The molecule has 21 heavy (non-hydrogen) atoms. The number of carbonyl (C=O) groups is 1. The summed E-state index contributed by atoms with van der Waals surface area (Å²) in [5.74, 6) is 0.162. The van der Waals surface area contributed by atoms with E-state index in [4.69, 9.17) is 10.5 Å². The summed E-state index contributed by atoms with van der Waals surface area (Å²) in [6, 6.07) is 9.82. The molecule has 3 N–H and O–H groups in total. The van der Waals surface area contributed by atoms with Crippen molar-refractivity contribution in [2.24, 2.45) is 5.73 Å². The molecule has 0 saturated heterocycles. The molecule has 1 heterocycles. The van der Waals surface area contributed by atoms with Gasteiger partial charge in [-0.05, 0) is 30.7 Å². The Hall–Kier alpha value is -2.34. The Morgan fingerprint density at radius 1 is 1.43 bits per heavy atom. The van der Waals surface area contributed by atoms with Crippen LogP contribution in [0.4, 0.5) is 0 Å². The van der Waals surface area contributed by atoms with Crippen LogP contribution < -0.4 is 15.8 Å². The number of nitrogens with two attached hydrogens (primary N) is 1. The Morgan fingerprint density at radius 2 is 2.19 bits per heavy atom. The van der Waals surface area contributed by atoms with Crippen molar-refractivity contribution in [2.45, 2.75) is 26.1 Å². The Balaban J connectivity index is 1.76. The van der Waals surface area contributed by atoms with Gasteiger partial charge in [-0.1, -0.05) is 12.1 Å². The number of ether oxygens (including phenoxy) is 1. The summed E-state index contributed by atoms with van der Waals surface area (Å²) in [5, 5.41) is 7.61. The summed E-state index contributed by atoms with van der Waals surface area (Å²) >= 11 is 0. The van der Waals surface area contributed by atoms with E-state index >= 15 is 0 Å². The standard InChI is InChI=1S/C15H20N4O2/c1-12(10-19-8-2-7-18-19)17-9-13-3-5-14(6-4-13)21-11-15(16)20/h2-8,12,17H,9-11H2,1H3,(H2,16,20)/t12-/m0/s1. The minimum absolute atomic E-state index is 0.0987. The second-order valence-electron chi connectivity index (χ2n) is 4.91. The number of amides is 1. The minimum Gasteiger partial charge on any atom is -0.484 e. The first-order valence-electron chi connectivity index (χ1n) is 6.84. The maximum absolute atomic E-state index is 10.6. The van der Waals surface area contributed by atoms with Gasteiger partial charge in [0.15, 0.2) is 6.61 Å². The first kappa shape index (κ1) is 15.1. The summed E-state index contributed by atoms with van der Waals surface area (Å²) in [6.45, 7) is 3.61. The van der Waals surface area contributed by atoms with Crippen LogP contribution in [0.25, 0.3) is 0 Å². The van der Waals surface area contributed by atoms with Crippen molar-refractivity contribution in [3.8, 4) is 5.75 Å². The van der Waals surface area contributed by atoms with E-state index in [1.165, 1.54) is 0 Å². The molecule has 1 atom stereocenters. The summed E-state index contributed by atoms with van der Waals surface area (Å²) in [4.78, 5) is 10.6. The smallest absolute Gasteiger partial charge is 0.255 e. The maximum Gasteiger partial charge on any atom is 0.255 e. The van der Waals surface area contributed by atoms with Crippen LogP contribution in [0.1, 0.15) is 12.5 Å². The van der Waals surface area contributed by atoms with Crippen molar-refractivity contribution in [1.29, 1.82) is 0 Å². The van der Waals surface area contributed by atoms with Crippen LogP contribution in [0.3, 0.4) is 0 Å². The lowest BCUT2D eigenvalue weighted by atomic mass is 10.2. The van der Waals surface area contributed by atoms with E-state index < -0.39 is 5.91 Å². The predicted octanol–water partition coefficient (Wildman–Crippen LogP) is 0.925. The van der Waals surface area contributed by atoms with Gasteiger partial charge in [-0.15, -0.1) is 0 Å². The van der Waals surface area contributed by atoms with Crippen LogP contribution in [0.15, 0.2) is 42.7 Å². The molecule has 0 fully saturated rings. The third-order valence-electron chi connectivity index (χ3n) is 2.98. The highest BCUT2D eigenvalue weighted by molar-refractivity contribution is 5.75. The summed E-state index contributed by atoms with van der Waals surface area (Å²) in [6.07, 6.45) is 3.72. The maximum atomic E-state index is 10.6. The molecule has 0 unspecified atom stereocenters. The van der Waals surface area contributed by atoms with E-state index in [1.54, 1.807) is 6.20 Å². The summed E-state index contributed by atoms with van der Waals surface area (Å²) in [7, 11) is 0. The number of aromatic nitrogens is 2. The van der Waals surface area contributed by atoms with E-state index in [2.05, 4.69) is 17.3 Å². The molecule has 1 aromatic heterocycles. The first-order valence-corrected chi connectivity index (χ1v) is 6.84. The highest BCUT2D eigenvalue weighted by Crippen LogP contribution is 2.12. The van der Waals surface area contributed by atoms with Gasteiger partial charge in [0.05, 0.1) is 6.54 Å². The van der Waals surface area contributed by atoms with Crippen LogP contribution in [0, 0.1) is 0 Å². The highest BCUT2D eigenvalue weighted by Gasteiger charge is 2.03. The SMILES string of the molecule is C[C@@H](Cn1cccn1)NCc1ccc(OCC(N)=O)cc1. The van der Waals surface area contributed by atoms with Crippen molar-refractivity contribution in [1.82, 2.24) is 15.1 Å². The number of primary amides is 1. The van der Waals surface area contributed by atoms with E-state index in [0.29, 0.717) is 11.8 Å². The lowest BCUT2D eigenvalue weighted by Gasteiger charge is -2.14. The van der Waals surface area contributed by atoms with E-state index in [0.717, 1.165) is 18.7 Å². The Morgan fingerprint density at radius 3 is 2.81 bits per heavy atom.